The molecule has 0 N–H and O–H groups in total. The van der Waals surface area contributed by atoms with Gasteiger partial charge < -0.3 is 4.74 Å². The molecule has 0 amide bonds. The fraction of sp³-hybridized carbons (Fsp3) is 0.533. The minimum atomic E-state index is -0.173. The molecule has 1 aromatic rings. The molecule has 110 valence electrons. The maximum atomic E-state index is 13.6. The number of rotatable bonds is 3. The van der Waals surface area contributed by atoms with E-state index in [1.165, 1.54) is 7.11 Å². The molecule has 5 heteroatoms. The van der Waals surface area contributed by atoms with Gasteiger partial charge in [-0.05, 0) is 56.1 Å². The lowest BCUT2D eigenvalue weighted by molar-refractivity contribution is -0.147. The summed E-state index contributed by atoms with van der Waals surface area (Å²) in [6, 6.07) is 3.40. The Morgan fingerprint density at radius 3 is 2.70 bits per heavy atom. The number of esters is 1. The summed E-state index contributed by atoms with van der Waals surface area (Å²) in [7, 11) is 1.43. The average Bonchev–Trinajstić information content (AvgIpc) is 2.44. The summed E-state index contributed by atoms with van der Waals surface area (Å²) in [5.41, 5.74) is 1.59. The fourth-order valence-electron chi connectivity index (χ4n) is 2.54. The van der Waals surface area contributed by atoms with E-state index < -0.39 is 0 Å². The quantitative estimate of drug-likeness (QED) is 0.788. The summed E-state index contributed by atoms with van der Waals surface area (Å²) in [4.78, 5) is 13.7. The van der Waals surface area contributed by atoms with E-state index >= 15 is 0 Å². The van der Waals surface area contributed by atoms with E-state index in [-0.39, 0.29) is 17.7 Å². The molecule has 0 aliphatic carbocycles. The third kappa shape index (κ3) is 3.58. The van der Waals surface area contributed by atoms with E-state index in [4.69, 9.17) is 4.74 Å². The van der Waals surface area contributed by atoms with Crippen LogP contribution >= 0.6 is 15.9 Å². The van der Waals surface area contributed by atoms with Crippen LogP contribution in [0.4, 0.5) is 4.39 Å². The van der Waals surface area contributed by atoms with Gasteiger partial charge in [-0.2, -0.15) is 0 Å². The molecule has 2 rings (SSSR count). The summed E-state index contributed by atoms with van der Waals surface area (Å²) >= 11 is 3.49. The van der Waals surface area contributed by atoms with Crippen molar-refractivity contribution in [2.45, 2.75) is 26.3 Å². The first-order valence-electron chi connectivity index (χ1n) is 6.76. The van der Waals surface area contributed by atoms with Crippen molar-refractivity contribution >= 4 is 21.9 Å². The van der Waals surface area contributed by atoms with Crippen LogP contribution in [-0.2, 0) is 16.1 Å². The summed E-state index contributed by atoms with van der Waals surface area (Å²) in [6.45, 7) is 4.13. The predicted molar refractivity (Wildman–Crippen MR) is 78.9 cm³/mol. The number of likely N-dealkylation sites (tertiary alicyclic amines) is 1. The molecule has 1 saturated heterocycles. The van der Waals surface area contributed by atoms with Crippen molar-refractivity contribution in [2.24, 2.45) is 5.92 Å². The van der Waals surface area contributed by atoms with Gasteiger partial charge in [-0.3, -0.25) is 9.69 Å². The molecule has 0 radical (unpaired) electrons. The van der Waals surface area contributed by atoms with Crippen LogP contribution in [0.25, 0.3) is 0 Å². The van der Waals surface area contributed by atoms with Crippen molar-refractivity contribution in [3.05, 3.63) is 33.5 Å². The second-order valence-corrected chi connectivity index (χ2v) is 6.12. The molecule has 0 atom stereocenters. The number of nitrogens with zero attached hydrogens (tertiary/aromatic N) is 1. The van der Waals surface area contributed by atoms with Gasteiger partial charge in [0.05, 0.1) is 13.0 Å². The Morgan fingerprint density at radius 1 is 1.45 bits per heavy atom. The highest BCUT2D eigenvalue weighted by molar-refractivity contribution is 9.10. The van der Waals surface area contributed by atoms with Crippen molar-refractivity contribution in [3.8, 4) is 0 Å². The Morgan fingerprint density at radius 2 is 2.10 bits per heavy atom. The Kier molecular flexibility index (Phi) is 5.16. The molecule has 20 heavy (non-hydrogen) atoms. The SMILES string of the molecule is COC(=O)C1CCN(Cc2cc(F)c(C)cc2Br)CC1. The molecule has 1 aliphatic rings. The first-order chi connectivity index (χ1) is 9.51. The summed E-state index contributed by atoms with van der Waals surface area (Å²) < 4.78 is 19.3. The van der Waals surface area contributed by atoms with Crippen molar-refractivity contribution in [3.63, 3.8) is 0 Å². The molecule has 1 aliphatic heterocycles. The first-order valence-corrected chi connectivity index (χ1v) is 7.55. The maximum absolute atomic E-state index is 13.6. The van der Waals surface area contributed by atoms with Crippen LogP contribution in [0.1, 0.15) is 24.0 Å². The number of carbonyl (C=O) groups is 1. The van der Waals surface area contributed by atoms with Gasteiger partial charge in [-0.1, -0.05) is 15.9 Å². The highest BCUT2D eigenvalue weighted by Gasteiger charge is 2.25. The van der Waals surface area contributed by atoms with Crippen LogP contribution < -0.4 is 0 Å². The molecule has 0 bridgehead atoms. The number of hydrogen-bond donors (Lipinski definition) is 0. The Hall–Kier alpha value is -0.940. The summed E-state index contributed by atoms with van der Waals surface area (Å²) in [6.07, 6.45) is 1.61. The van der Waals surface area contributed by atoms with Crippen LogP contribution in [-0.4, -0.2) is 31.1 Å². The van der Waals surface area contributed by atoms with E-state index in [9.17, 15) is 9.18 Å². The Labute approximate surface area is 127 Å². The molecular formula is C15H19BrFNO2. The van der Waals surface area contributed by atoms with Gasteiger partial charge in [0.1, 0.15) is 5.82 Å². The van der Waals surface area contributed by atoms with Gasteiger partial charge in [0.15, 0.2) is 0 Å². The number of carbonyl (C=O) groups excluding carboxylic acids is 1. The molecule has 0 saturated carbocycles. The van der Waals surface area contributed by atoms with Gasteiger partial charge >= 0.3 is 5.97 Å². The second-order valence-electron chi connectivity index (χ2n) is 5.27. The van der Waals surface area contributed by atoms with Crippen LogP contribution in [0.5, 0.6) is 0 Å². The van der Waals surface area contributed by atoms with Gasteiger partial charge in [0, 0.05) is 11.0 Å². The van der Waals surface area contributed by atoms with E-state index in [1.807, 2.05) is 6.07 Å². The maximum Gasteiger partial charge on any atom is 0.308 e. The lowest BCUT2D eigenvalue weighted by atomic mass is 9.96. The number of halogens is 2. The van der Waals surface area contributed by atoms with Crippen LogP contribution in [0.15, 0.2) is 16.6 Å². The number of hydrogen-bond acceptors (Lipinski definition) is 3. The van der Waals surface area contributed by atoms with Gasteiger partial charge in [0.25, 0.3) is 0 Å². The topological polar surface area (TPSA) is 29.5 Å². The van der Waals surface area contributed by atoms with Crippen LogP contribution in [0.3, 0.4) is 0 Å². The Balaban J connectivity index is 1.96. The third-order valence-corrected chi connectivity index (χ3v) is 4.58. The molecule has 0 aromatic heterocycles. The van der Waals surface area contributed by atoms with Gasteiger partial charge in [-0.15, -0.1) is 0 Å². The highest BCUT2D eigenvalue weighted by Crippen LogP contribution is 2.25. The molecule has 1 aromatic carbocycles. The Bertz CT molecular complexity index is 499. The highest BCUT2D eigenvalue weighted by atomic mass is 79.9. The lowest BCUT2D eigenvalue weighted by Gasteiger charge is -2.30. The van der Waals surface area contributed by atoms with Crippen molar-refractivity contribution < 1.29 is 13.9 Å². The molecule has 0 spiro atoms. The molecule has 0 unspecified atom stereocenters. The molecule has 3 nitrogen and oxygen atoms in total. The standard InChI is InChI=1S/C15H19BrFNO2/c1-10-7-13(16)12(8-14(10)17)9-18-5-3-11(4-6-18)15(19)20-2/h7-8,11H,3-6,9H2,1-2H3. The van der Waals surface area contributed by atoms with Crippen LogP contribution in [0.2, 0.25) is 0 Å². The first kappa shape index (κ1) is 15.4. The number of benzene rings is 1. The minimum Gasteiger partial charge on any atom is -0.469 e. The van der Waals surface area contributed by atoms with Gasteiger partial charge in [0.2, 0.25) is 0 Å². The van der Waals surface area contributed by atoms with Crippen molar-refractivity contribution in [1.82, 2.24) is 4.90 Å². The number of piperidine rings is 1. The zero-order chi connectivity index (χ0) is 14.7. The van der Waals surface area contributed by atoms with Crippen molar-refractivity contribution in [1.29, 1.82) is 0 Å². The largest absolute Gasteiger partial charge is 0.469 e. The van der Waals surface area contributed by atoms with E-state index in [2.05, 4.69) is 20.8 Å². The normalized spacial score (nSPS) is 17.2. The zero-order valence-corrected chi connectivity index (χ0v) is 13.4. The van der Waals surface area contributed by atoms with Gasteiger partial charge in [-0.25, -0.2) is 4.39 Å². The minimum absolute atomic E-state index is 0.00875. The number of methoxy groups -OCH3 is 1. The molecule has 1 fully saturated rings. The third-order valence-electron chi connectivity index (χ3n) is 3.84. The molecule has 1 heterocycles. The lowest BCUT2D eigenvalue weighted by Crippen LogP contribution is -2.36. The fourth-order valence-corrected chi connectivity index (χ4v) is 3.13. The number of aryl methyl sites for hydroxylation is 1. The second kappa shape index (κ2) is 6.68. The zero-order valence-electron chi connectivity index (χ0n) is 11.8. The van der Waals surface area contributed by atoms with Crippen LogP contribution in [0, 0.1) is 18.7 Å². The predicted octanol–water partition coefficient (Wildman–Crippen LogP) is 3.28. The number of ether oxygens (including phenoxy) is 1. The summed E-state index contributed by atoms with van der Waals surface area (Å²) in [5.74, 6) is -0.283. The van der Waals surface area contributed by atoms with E-state index in [0.29, 0.717) is 12.1 Å². The summed E-state index contributed by atoms with van der Waals surface area (Å²) in [5, 5.41) is 0. The molecular weight excluding hydrogens is 325 g/mol. The monoisotopic (exact) mass is 343 g/mol. The van der Waals surface area contributed by atoms with E-state index in [1.54, 1.807) is 13.0 Å². The van der Waals surface area contributed by atoms with E-state index in [0.717, 1.165) is 36.0 Å². The van der Waals surface area contributed by atoms with Crippen molar-refractivity contribution in [2.75, 3.05) is 20.2 Å². The average molecular weight is 344 g/mol. The smallest absolute Gasteiger partial charge is 0.308 e.